The summed E-state index contributed by atoms with van der Waals surface area (Å²) in [7, 11) is -3.35. The van der Waals surface area contributed by atoms with E-state index in [2.05, 4.69) is 0 Å². The third kappa shape index (κ3) is 2.84. The van der Waals surface area contributed by atoms with E-state index in [0.717, 1.165) is 19.3 Å². The predicted molar refractivity (Wildman–Crippen MR) is 79.8 cm³/mol. The number of rotatable bonds is 3. The van der Waals surface area contributed by atoms with Crippen LogP contribution in [-0.4, -0.2) is 48.5 Å². The Hall–Kier alpha value is -0.660. The Morgan fingerprint density at radius 3 is 2.35 bits per heavy atom. The largest absolute Gasteiger partial charge is 0.387 e. The summed E-state index contributed by atoms with van der Waals surface area (Å²) in [6, 6.07) is 0.0925. The fourth-order valence-corrected chi connectivity index (χ4v) is 4.90. The highest BCUT2D eigenvalue weighted by Gasteiger charge is 2.40. The molecule has 0 aromatic carbocycles. The lowest BCUT2D eigenvalue weighted by Crippen LogP contribution is -2.54. The summed E-state index contributed by atoms with van der Waals surface area (Å²) in [4.78, 5) is 0. The molecular weight excluding hydrogens is 276 g/mol. The van der Waals surface area contributed by atoms with Crippen molar-refractivity contribution in [3.05, 3.63) is 0 Å². The molecular formula is C13H26N4O2S. The minimum Gasteiger partial charge on any atom is -0.387 e. The van der Waals surface area contributed by atoms with Crippen LogP contribution in [0, 0.1) is 10.8 Å². The van der Waals surface area contributed by atoms with E-state index >= 15 is 0 Å². The molecule has 0 bridgehead atoms. The molecule has 1 unspecified atom stereocenters. The minimum atomic E-state index is -3.35. The molecule has 2 heterocycles. The van der Waals surface area contributed by atoms with Crippen molar-refractivity contribution in [3.63, 3.8) is 0 Å². The van der Waals surface area contributed by atoms with Crippen LogP contribution >= 0.6 is 0 Å². The minimum absolute atomic E-state index is 0.0925. The summed E-state index contributed by atoms with van der Waals surface area (Å²) >= 11 is 0. The molecule has 1 atom stereocenters. The van der Waals surface area contributed by atoms with Crippen LogP contribution in [0.1, 0.15) is 46.0 Å². The SMILES string of the molecule is CC1CCCCN1S(=O)(=O)N1CCC(C)(C(=N)N)CC1. The molecule has 0 aromatic rings. The smallest absolute Gasteiger partial charge is 0.282 e. The van der Waals surface area contributed by atoms with Gasteiger partial charge in [0.2, 0.25) is 0 Å². The molecule has 0 spiro atoms. The lowest BCUT2D eigenvalue weighted by molar-refractivity contribution is 0.204. The van der Waals surface area contributed by atoms with Crippen LogP contribution in [-0.2, 0) is 10.2 Å². The summed E-state index contributed by atoms with van der Waals surface area (Å²) < 4.78 is 28.6. The predicted octanol–water partition coefficient (Wildman–Crippen LogP) is 1.14. The first kappa shape index (κ1) is 15.7. The highest BCUT2D eigenvalue weighted by atomic mass is 32.2. The number of nitrogens with one attached hydrogen (secondary N) is 1. The van der Waals surface area contributed by atoms with Gasteiger partial charge in [-0.05, 0) is 32.6 Å². The maximum Gasteiger partial charge on any atom is 0.282 e. The topological polar surface area (TPSA) is 90.5 Å². The lowest BCUT2D eigenvalue weighted by Gasteiger charge is -2.41. The fraction of sp³-hybridized carbons (Fsp3) is 0.923. The Morgan fingerprint density at radius 1 is 1.25 bits per heavy atom. The van der Waals surface area contributed by atoms with E-state index in [-0.39, 0.29) is 17.3 Å². The van der Waals surface area contributed by atoms with Crippen molar-refractivity contribution in [1.82, 2.24) is 8.61 Å². The Kier molecular flexibility index (Phi) is 4.41. The van der Waals surface area contributed by atoms with Gasteiger partial charge in [0.25, 0.3) is 10.2 Å². The molecule has 0 amide bonds. The Morgan fingerprint density at radius 2 is 1.85 bits per heavy atom. The molecule has 6 nitrogen and oxygen atoms in total. The first-order chi connectivity index (χ1) is 9.27. The van der Waals surface area contributed by atoms with E-state index in [1.807, 2.05) is 13.8 Å². The molecule has 2 aliphatic heterocycles. The van der Waals surface area contributed by atoms with Gasteiger partial charge in [-0.15, -0.1) is 0 Å². The standard InChI is InChI=1S/C13H26N4O2S/c1-11-5-3-4-8-17(11)20(18,19)16-9-6-13(2,7-10-16)12(14)15/h11H,3-10H2,1-2H3,(H3,14,15). The van der Waals surface area contributed by atoms with Gasteiger partial charge in [0.1, 0.15) is 0 Å². The van der Waals surface area contributed by atoms with Crippen LogP contribution in [0.3, 0.4) is 0 Å². The van der Waals surface area contributed by atoms with Gasteiger partial charge in [0.05, 0.1) is 5.84 Å². The van der Waals surface area contributed by atoms with Crippen LogP contribution in [0.15, 0.2) is 0 Å². The maximum atomic E-state index is 12.7. The van der Waals surface area contributed by atoms with Gasteiger partial charge in [-0.25, -0.2) is 0 Å². The quantitative estimate of drug-likeness (QED) is 0.605. The van der Waals surface area contributed by atoms with E-state index in [1.165, 1.54) is 0 Å². The van der Waals surface area contributed by atoms with Crippen LogP contribution in [0.5, 0.6) is 0 Å². The van der Waals surface area contributed by atoms with Gasteiger partial charge >= 0.3 is 0 Å². The van der Waals surface area contributed by atoms with Gasteiger partial charge < -0.3 is 5.73 Å². The van der Waals surface area contributed by atoms with Gasteiger partial charge in [-0.3, -0.25) is 5.41 Å². The van der Waals surface area contributed by atoms with Crippen molar-refractivity contribution >= 4 is 16.0 Å². The van der Waals surface area contributed by atoms with Crippen LogP contribution < -0.4 is 5.73 Å². The van der Waals surface area contributed by atoms with Crippen molar-refractivity contribution in [3.8, 4) is 0 Å². The first-order valence-electron chi connectivity index (χ1n) is 7.39. The van der Waals surface area contributed by atoms with Gasteiger partial charge in [-0.1, -0.05) is 13.3 Å². The summed E-state index contributed by atoms with van der Waals surface area (Å²) in [6.45, 7) is 5.48. The second kappa shape index (κ2) is 5.61. The van der Waals surface area contributed by atoms with Crippen molar-refractivity contribution in [1.29, 1.82) is 5.41 Å². The molecule has 0 saturated carbocycles. The molecule has 116 valence electrons. The van der Waals surface area contributed by atoms with Gasteiger partial charge in [-0.2, -0.15) is 17.0 Å². The number of nitrogens with two attached hydrogens (primary N) is 1. The van der Waals surface area contributed by atoms with Crippen molar-refractivity contribution in [2.24, 2.45) is 11.1 Å². The van der Waals surface area contributed by atoms with Gasteiger partial charge in [0.15, 0.2) is 0 Å². The van der Waals surface area contributed by atoms with Crippen molar-refractivity contribution in [2.75, 3.05) is 19.6 Å². The first-order valence-corrected chi connectivity index (χ1v) is 8.78. The number of nitrogens with zero attached hydrogens (tertiary/aromatic N) is 2. The van der Waals surface area contributed by atoms with E-state index in [0.29, 0.717) is 32.5 Å². The Bertz CT molecular complexity index is 469. The zero-order valence-electron chi connectivity index (χ0n) is 12.4. The molecule has 2 aliphatic rings. The van der Waals surface area contributed by atoms with Crippen LogP contribution in [0.2, 0.25) is 0 Å². The molecule has 2 rings (SSSR count). The van der Waals surface area contributed by atoms with Crippen LogP contribution in [0.4, 0.5) is 0 Å². The monoisotopic (exact) mass is 302 g/mol. The average molecular weight is 302 g/mol. The second-order valence-electron chi connectivity index (χ2n) is 6.34. The highest BCUT2D eigenvalue weighted by Crippen LogP contribution is 2.33. The van der Waals surface area contributed by atoms with Crippen LogP contribution in [0.25, 0.3) is 0 Å². The molecule has 0 radical (unpaired) electrons. The Labute approximate surface area is 122 Å². The molecule has 0 aromatic heterocycles. The molecule has 2 saturated heterocycles. The zero-order valence-corrected chi connectivity index (χ0v) is 13.2. The van der Waals surface area contributed by atoms with Gasteiger partial charge in [0, 0.05) is 31.1 Å². The average Bonchev–Trinajstić information content (AvgIpc) is 2.39. The fourth-order valence-electron chi connectivity index (χ4n) is 3.04. The van der Waals surface area contributed by atoms with Crippen molar-refractivity contribution < 1.29 is 8.42 Å². The van der Waals surface area contributed by atoms with E-state index < -0.39 is 10.2 Å². The van der Waals surface area contributed by atoms with Crippen molar-refractivity contribution in [2.45, 2.75) is 52.0 Å². The highest BCUT2D eigenvalue weighted by molar-refractivity contribution is 7.86. The maximum absolute atomic E-state index is 12.7. The number of amidine groups is 1. The lowest BCUT2D eigenvalue weighted by atomic mass is 9.80. The number of hydrogen-bond donors (Lipinski definition) is 2. The van der Waals surface area contributed by atoms with E-state index in [4.69, 9.17) is 11.1 Å². The summed E-state index contributed by atoms with van der Waals surface area (Å²) in [5.74, 6) is 0.167. The third-order valence-electron chi connectivity index (χ3n) is 4.84. The molecule has 7 heteroatoms. The molecule has 20 heavy (non-hydrogen) atoms. The third-order valence-corrected chi connectivity index (χ3v) is 6.99. The number of hydrogen-bond acceptors (Lipinski definition) is 3. The van der Waals surface area contributed by atoms with E-state index in [1.54, 1.807) is 8.61 Å². The number of piperidine rings is 2. The second-order valence-corrected chi connectivity index (χ2v) is 8.22. The normalized spacial score (nSPS) is 29.2. The summed E-state index contributed by atoms with van der Waals surface area (Å²) in [5.41, 5.74) is 5.28. The molecule has 3 N–H and O–H groups in total. The Balaban J connectivity index is 2.07. The summed E-state index contributed by atoms with van der Waals surface area (Å²) in [5, 5.41) is 7.63. The molecule has 0 aliphatic carbocycles. The molecule has 2 fully saturated rings. The summed E-state index contributed by atoms with van der Waals surface area (Å²) in [6.07, 6.45) is 4.25. The zero-order chi connectivity index (χ0) is 15.0. The van der Waals surface area contributed by atoms with E-state index in [9.17, 15) is 8.42 Å².